The third-order valence-electron chi connectivity index (χ3n) is 2.26. The average Bonchev–Trinajstić information content (AvgIpc) is 2.85. The average molecular weight is 291 g/mol. The molecule has 0 saturated carbocycles. The minimum atomic E-state index is -3.82. The normalized spacial score (nSPS) is 11.9. The number of tetrazole rings is 1. The summed E-state index contributed by atoms with van der Waals surface area (Å²) in [5.41, 5.74) is 0. The highest BCUT2D eigenvalue weighted by Gasteiger charge is 2.17. The van der Waals surface area contributed by atoms with E-state index in [-0.39, 0.29) is 5.03 Å². The molecule has 0 N–H and O–H groups in total. The van der Waals surface area contributed by atoms with Gasteiger partial charge in [-0.3, -0.25) is 0 Å². The van der Waals surface area contributed by atoms with E-state index in [1.807, 2.05) is 6.92 Å². The SMILES string of the molecule is CCc1nc(S(=O)(=O)Cl)cn1Cc1nnn(C)n1. The van der Waals surface area contributed by atoms with Crippen LogP contribution in [0.15, 0.2) is 11.2 Å². The molecule has 2 heterocycles. The number of rotatable bonds is 4. The van der Waals surface area contributed by atoms with E-state index in [0.29, 0.717) is 24.6 Å². The summed E-state index contributed by atoms with van der Waals surface area (Å²) in [5, 5.41) is 11.4. The summed E-state index contributed by atoms with van der Waals surface area (Å²) in [5.74, 6) is 1.07. The smallest absolute Gasteiger partial charge is 0.280 e. The van der Waals surface area contributed by atoms with Crippen LogP contribution < -0.4 is 0 Å². The zero-order chi connectivity index (χ0) is 13.3. The van der Waals surface area contributed by atoms with E-state index in [4.69, 9.17) is 10.7 Å². The number of nitrogens with zero attached hydrogens (tertiary/aromatic N) is 6. The number of aromatic nitrogens is 6. The van der Waals surface area contributed by atoms with Gasteiger partial charge in [-0.25, -0.2) is 13.4 Å². The second kappa shape index (κ2) is 4.65. The van der Waals surface area contributed by atoms with E-state index in [0.717, 1.165) is 0 Å². The molecule has 8 nitrogen and oxygen atoms in total. The first-order valence-electron chi connectivity index (χ1n) is 5.13. The molecule has 0 aliphatic heterocycles. The highest BCUT2D eigenvalue weighted by Crippen LogP contribution is 2.15. The van der Waals surface area contributed by atoms with Crippen LogP contribution in [0.3, 0.4) is 0 Å². The molecule has 98 valence electrons. The summed E-state index contributed by atoms with van der Waals surface area (Å²) >= 11 is 0. The second-order valence-corrected chi connectivity index (χ2v) is 6.12. The lowest BCUT2D eigenvalue weighted by Gasteiger charge is -2.01. The molecule has 2 rings (SSSR count). The van der Waals surface area contributed by atoms with Gasteiger partial charge in [0, 0.05) is 23.3 Å². The van der Waals surface area contributed by atoms with Crippen LogP contribution in [0.5, 0.6) is 0 Å². The zero-order valence-corrected chi connectivity index (χ0v) is 11.3. The van der Waals surface area contributed by atoms with Gasteiger partial charge in [0.15, 0.2) is 10.9 Å². The van der Waals surface area contributed by atoms with Gasteiger partial charge >= 0.3 is 0 Å². The van der Waals surface area contributed by atoms with Crippen LogP contribution in [0.4, 0.5) is 0 Å². The van der Waals surface area contributed by atoms with Crippen molar-refractivity contribution in [2.75, 3.05) is 0 Å². The minimum Gasteiger partial charge on any atom is -0.326 e. The summed E-state index contributed by atoms with van der Waals surface area (Å²) in [6.45, 7) is 2.17. The Kier molecular flexibility index (Phi) is 3.35. The van der Waals surface area contributed by atoms with Crippen molar-refractivity contribution in [2.24, 2.45) is 7.05 Å². The summed E-state index contributed by atoms with van der Waals surface area (Å²) in [4.78, 5) is 5.29. The van der Waals surface area contributed by atoms with Crippen LogP contribution in [-0.2, 0) is 29.1 Å². The van der Waals surface area contributed by atoms with Crippen LogP contribution in [0.25, 0.3) is 0 Å². The van der Waals surface area contributed by atoms with Crippen LogP contribution in [-0.4, -0.2) is 38.2 Å². The van der Waals surface area contributed by atoms with Crippen molar-refractivity contribution in [1.29, 1.82) is 0 Å². The fourth-order valence-electron chi connectivity index (χ4n) is 1.50. The van der Waals surface area contributed by atoms with E-state index < -0.39 is 9.05 Å². The Bertz CT molecular complexity index is 661. The molecule has 0 atom stereocenters. The lowest BCUT2D eigenvalue weighted by Crippen LogP contribution is -2.05. The number of imidazole rings is 1. The lowest BCUT2D eigenvalue weighted by atomic mass is 10.4. The molecule has 0 amide bonds. The summed E-state index contributed by atoms with van der Waals surface area (Å²) in [6, 6.07) is 0. The molecule has 0 aliphatic rings. The molecule has 10 heteroatoms. The maximum absolute atomic E-state index is 11.2. The summed E-state index contributed by atoms with van der Waals surface area (Å²) in [7, 11) is 3.09. The molecule has 2 aromatic rings. The van der Waals surface area contributed by atoms with Gasteiger partial charge in [-0.1, -0.05) is 6.92 Å². The maximum atomic E-state index is 11.2. The molecule has 18 heavy (non-hydrogen) atoms. The monoisotopic (exact) mass is 290 g/mol. The quantitative estimate of drug-likeness (QED) is 0.732. The Morgan fingerprint density at radius 3 is 2.67 bits per heavy atom. The van der Waals surface area contributed by atoms with Crippen molar-refractivity contribution in [2.45, 2.75) is 24.9 Å². The molecular formula is C8H11ClN6O2S. The van der Waals surface area contributed by atoms with E-state index >= 15 is 0 Å². The molecule has 0 saturated heterocycles. The number of hydrogen-bond acceptors (Lipinski definition) is 6. The number of hydrogen-bond donors (Lipinski definition) is 0. The van der Waals surface area contributed by atoms with Crippen molar-refractivity contribution < 1.29 is 8.42 Å². The fraction of sp³-hybridized carbons (Fsp3) is 0.500. The molecule has 0 fully saturated rings. The van der Waals surface area contributed by atoms with Gasteiger partial charge in [0.1, 0.15) is 5.82 Å². The van der Waals surface area contributed by atoms with Crippen LogP contribution in [0.2, 0.25) is 0 Å². The van der Waals surface area contributed by atoms with E-state index in [1.54, 1.807) is 11.6 Å². The van der Waals surface area contributed by atoms with Gasteiger partial charge in [-0.15, -0.1) is 10.2 Å². The topological polar surface area (TPSA) is 95.6 Å². The van der Waals surface area contributed by atoms with Crippen molar-refractivity contribution in [3.8, 4) is 0 Å². The predicted molar refractivity (Wildman–Crippen MR) is 62.5 cm³/mol. The van der Waals surface area contributed by atoms with Gasteiger partial charge in [-0.2, -0.15) is 4.80 Å². The van der Waals surface area contributed by atoms with Crippen molar-refractivity contribution >= 4 is 19.7 Å². The fourth-order valence-corrected chi connectivity index (χ4v) is 2.19. The van der Waals surface area contributed by atoms with Gasteiger partial charge in [-0.05, 0) is 5.21 Å². The molecule has 0 aliphatic carbocycles. The Labute approximate surface area is 108 Å². The Morgan fingerprint density at radius 1 is 1.44 bits per heavy atom. The third-order valence-corrected chi connectivity index (χ3v) is 3.44. The third kappa shape index (κ3) is 2.67. The van der Waals surface area contributed by atoms with Crippen LogP contribution >= 0.6 is 10.7 Å². The minimum absolute atomic E-state index is 0.162. The first kappa shape index (κ1) is 13.0. The van der Waals surface area contributed by atoms with E-state index in [1.165, 1.54) is 11.0 Å². The molecule has 2 aromatic heterocycles. The van der Waals surface area contributed by atoms with E-state index in [2.05, 4.69) is 20.4 Å². The Balaban J connectivity index is 2.35. The number of aryl methyl sites for hydroxylation is 2. The first-order valence-corrected chi connectivity index (χ1v) is 7.44. The van der Waals surface area contributed by atoms with Crippen LogP contribution in [0.1, 0.15) is 18.6 Å². The largest absolute Gasteiger partial charge is 0.326 e. The molecule has 0 aromatic carbocycles. The van der Waals surface area contributed by atoms with Gasteiger partial charge in [0.05, 0.1) is 13.6 Å². The molecule has 0 unspecified atom stereocenters. The van der Waals surface area contributed by atoms with Gasteiger partial charge in [0.25, 0.3) is 9.05 Å². The van der Waals surface area contributed by atoms with E-state index in [9.17, 15) is 8.42 Å². The Hall–Kier alpha value is -1.48. The summed E-state index contributed by atoms with van der Waals surface area (Å²) < 4.78 is 24.1. The molecule has 0 radical (unpaired) electrons. The van der Waals surface area contributed by atoms with Gasteiger partial charge in [0.2, 0.25) is 0 Å². The molecule has 0 bridgehead atoms. The lowest BCUT2D eigenvalue weighted by molar-refractivity contribution is 0.606. The number of halogens is 1. The van der Waals surface area contributed by atoms with Crippen molar-refractivity contribution in [1.82, 2.24) is 29.8 Å². The highest BCUT2D eigenvalue weighted by atomic mass is 35.7. The molecule has 0 spiro atoms. The zero-order valence-electron chi connectivity index (χ0n) is 9.78. The molecular weight excluding hydrogens is 280 g/mol. The first-order chi connectivity index (χ1) is 8.40. The maximum Gasteiger partial charge on any atom is 0.280 e. The standard InChI is InChI=1S/C8H11ClN6O2S/c1-3-7-10-8(18(9,16)17)5-15(7)4-6-11-13-14(2)12-6/h5H,3-4H2,1-2H3. The highest BCUT2D eigenvalue weighted by molar-refractivity contribution is 8.13. The predicted octanol–water partition coefficient (Wildman–Crippen LogP) is -0.0552. The Morgan fingerprint density at radius 2 is 2.17 bits per heavy atom. The van der Waals surface area contributed by atoms with Crippen molar-refractivity contribution in [3.05, 3.63) is 17.8 Å². The second-order valence-electron chi connectivity index (χ2n) is 3.61. The van der Waals surface area contributed by atoms with Gasteiger partial charge < -0.3 is 4.57 Å². The van der Waals surface area contributed by atoms with Crippen molar-refractivity contribution in [3.63, 3.8) is 0 Å². The van der Waals surface area contributed by atoms with Crippen LogP contribution in [0, 0.1) is 0 Å². The summed E-state index contributed by atoms with van der Waals surface area (Å²) in [6.07, 6.45) is 1.95.